The van der Waals surface area contributed by atoms with Gasteiger partial charge in [-0.2, -0.15) is 0 Å². The van der Waals surface area contributed by atoms with Gasteiger partial charge in [-0.15, -0.1) is 0 Å². The van der Waals surface area contributed by atoms with E-state index in [1.165, 1.54) is 22.0 Å². The molecule has 0 saturated heterocycles. The smallest absolute Gasteiger partial charge is 0.338 e. The van der Waals surface area contributed by atoms with E-state index < -0.39 is 12.0 Å². The van der Waals surface area contributed by atoms with Crippen LogP contribution >= 0.6 is 22.9 Å². The molecule has 2 aromatic carbocycles. The number of hydrogen-bond donors (Lipinski definition) is 1. The van der Waals surface area contributed by atoms with Crippen LogP contribution in [0.25, 0.3) is 6.08 Å². The minimum Gasteiger partial charge on any atom is -0.507 e. The van der Waals surface area contributed by atoms with Crippen LogP contribution in [0, 0.1) is 0 Å². The van der Waals surface area contributed by atoms with Crippen molar-refractivity contribution in [3.63, 3.8) is 0 Å². The molecule has 2 heterocycles. The van der Waals surface area contributed by atoms with Gasteiger partial charge < -0.3 is 14.6 Å². The highest BCUT2D eigenvalue weighted by Crippen LogP contribution is 2.31. The highest BCUT2D eigenvalue weighted by atomic mass is 35.5. The van der Waals surface area contributed by atoms with Crippen molar-refractivity contribution in [3.8, 4) is 11.5 Å². The van der Waals surface area contributed by atoms with Crippen molar-refractivity contribution >= 4 is 35.0 Å². The summed E-state index contributed by atoms with van der Waals surface area (Å²) in [4.78, 5) is 31.5. The zero-order chi connectivity index (χ0) is 24.4. The fourth-order valence-electron chi connectivity index (χ4n) is 3.80. The van der Waals surface area contributed by atoms with Crippen molar-refractivity contribution in [3.05, 3.63) is 89.6 Å². The Labute approximate surface area is 204 Å². The molecule has 1 aliphatic rings. The number of thiazole rings is 1. The second-order valence-electron chi connectivity index (χ2n) is 7.51. The Morgan fingerprint density at radius 2 is 1.94 bits per heavy atom. The number of phenols is 1. The number of nitrogens with zero attached hydrogens (tertiary/aromatic N) is 2. The van der Waals surface area contributed by atoms with E-state index in [9.17, 15) is 14.7 Å². The molecular formula is C25H23ClN2O5S. The molecule has 1 aliphatic heterocycles. The summed E-state index contributed by atoms with van der Waals surface area (Å²) < 4.78 is 12.7. The quantitative estimate of drug-likeness (QED) is 0.525. The van der Waals surface area contributed by atoms with Gasteiger partial charge >= 0.3 is 5.97 Å². The third-order valence-corrected chi connectivity index (χ3v) is 6.52. The zero-order valence-electron chi connectivity index (χ0n) is 18.9. The lowest BCUT2D eigenvalue weighted by atomic mass is 9.96. The Balaban J connectivity index is 1.93. The van der Waals surface area contributed by atoms with E-state index in [1.54, 1.807) is 44.2 Å². The molecule has 0 radical (unpaired) electrons. The number of fused-ring (bicyclic) bond motifs is 1. The van der Waals surface area contributed by atoms with Crippen molar-refractivity contribution in [1.82, 2.24) is 4.57 Å². The Bertz CT molecular complexity index is 1450. The van der Waals surface area contributed by atoms with E-state index in [4.69, 9.17) is 21.1 Å². The molecule has 1 atom stereocenters. The molecule has 0 aliphatic carbocycles. The van der Waals surface area contributed by atoms with Crippen molar-refractivity contribution in [2.24, 2.45) is 4.99 Å². The summed E-state index contributed by atoms with van der Waals surface area (Å²) in [6.07, 6.45) is 1.57. The van der Waals surface area contributed by atoms with Crippen LogP contribution in [-0.4, -0.2) is 28.9 Å². The van der Waals surface area contributed by atoms with E-state index >= 15 is 0 Å². The topological polar surface area (TPSA) is 90.1 Å². The number of aromatic hydroxyl groups is 1. The number of carbonyl (C=O) groups is 1. The molecule has 1 aromatic heterocycles. The number of aromatic nitrogens is 1. The summed E-state index contributed by atoms with van der Waals surface area (Å²) in [7, 11) is 0. The fourth-order valence-corrected chi connectivity index (χ4v) is 5.02. The van der Waals surface area contributed by atoms with Crippen molar-refractivity contribution in [2.75, 3.05) is 13.2 Å². The van der Waals surface area contributed by atoms with Crippen molar-refractivity contribution in [2.45, 2.75) is 26.8 Å². The maximum absolute atomic E-state index is 13.6. The van der Waals surface area contributed by atoms with Gasteiger partial charge in [0.15, 0.2) is 4.80 Å². The molecule has 176 valence electrons. The number of ether oxygens (including phenoxy) is 2. The van der Waals surface area contributed by atoms with Crippen LogP contribution in [0.1, 0.15) is 37.9 Å². The van der Waals surface area contributed by atoms with Gasteiger partial charge in [0.2, 0.25) is 0 Å². The molecule has 0 saturated carbocycles. The first kappa shape index (κ1) is 23.8. The van der Waals surface area contributed by atoms with Gasteiger partial charge in [0.05, 0.1) is 35.1 Å². The molecule has 34 heavy (non-hydrogen) atoms. The average molecular weight is 499 g/mol. The highest BCUT2D eigenvalue weighted by molar-refractivity contribution is 7.07. The Morgan fingerprint density at radius 1 is 1.21 bits per heavy atom. The Hall–Kier alpha value is -3.36. The normalized spacial score (nSPS) is 15.6. The first-order valence-corrected chi connectivity index (χ1v) is 11.9. The summed E-state index contributed by atoms with van der Waals surface area (Å²) >= 11 is 7.24. The molecule has 4 rings (SSSR count). The summed E-state index contributed by atoms with van der Waals surface area (Å²) in [5.41, 5.74) is 1.58. The van der Waals surface area contributed by atoms with Gasteiger partial charge in [-0.3, -0.25) is 9.36 Å². The summed E-state index contributed by atoms with van der Waals surface area (Å²) in [5, 5.41) is 10.6. The predicted molar refractivity (Wildman–Crippen MR) is 131 cm³/mol. The molecule has 0 spiro atoms. The van der Waals surface area contributed by atoms with Crippen molar-refractivity contribution in [1.29, 1.82) is 0 Å². The number of carbonyl (C=O) groups excluding carboxylic acids is 1. The third-order valence-electron chi connectivity index (χ3n) is 5.30. The van der Waals surface area contributed by atoms with E-state index in [2.05, 4.69) is 4.99 Å². The lowest BCUT2D eigenvalue weighted by molar-refractivity contribution is -0.139. The Morgan fingerprint density at radius 3 is 2.62 bits per heavy atom. The van der Waals surface area contributed by atoms with E-state index in [1.807, 2.05) is 19.1 Å². The second kappa shape index (κ2) is 9.87. The van der Waals surface area contributed by atoms with Crippen LogP contribution < -0.4 is 19.6 Å². The standard InChI is InChI=1S/C25H23ClN2O5S/c1-4-32-18-9-6-15(7-10-18)22-21(24(31)33-5-2)14(3)27-25-28(22)23(30)20(34-25)13-16-12-17(26)8-11-19(16)29/h6-13,22,29H,4-5H2,1-3H3/t22-/m0/s1. The van der Waals surface area contributed by atoms with Gasteiger partial charge in [-0.05, 0) is 62.7 Å². The third kappa shape index (κ3) is 4.51. The van der Waals surface area contributed by atoms with Crippen LogP contribution in [0.5, 0.6) is 11.5 Å². The molecule has 3 aromatic rings. The number of phenolic OH excluding ortho intramolecular Hbond substituents is 1. The first-order valence-electron chi connectivity index (χ1n) is 10.7. The van der Waals surface area contributed by atoms with Gasteiger partial charge in [-0.25, -0.2) is 9.79 Å². The summed E-state index contributed by atoms with van der Waals surface area (Å²) in [6.45, 7) is 6.08. The molecule has 0 bridgehead atoms. The lowest BCUT2D eigenvalue weighted by Gasteiger charge is -2.24. The van der Waals surface area contributed by atoms with E-state index in [0.717, 1.165) is 5.56 Å². The second-order valence-corrected chi connectivity index (χ2v) is 8.95. The zero-order valence-corrected chi connectivity index (χ0v) is 20.4. The monoisotopic (exact) mass is 498 g/mol. The maximum atomic E-state index is 13.6. The fraction of sp³-hybridized carbons (Fsp3) is 0.240. The minimum absolute atomic E-state index is 0.00157. The van der Waals surface area contributed by atoms with Gasteiger partial charge in [0.25, 0.3) is 5.56 Å². The van der Waals surface area contributed by atoms with Crippen LogP contribution in [0.4, 0.5) is 0 Å². The van der Waals surface area contributed by atoms with Crippen molar-refractivity contribution < 1.29 is 19.4 Å². The molecule has 0 unspecified atom stereocenters. The molecule has 9 heteroatoms. The number of rotatable bonds is 6. The number of esters is 1. The van der Waals surface area contributed by atoms with Gasteiger partial charge in [-0.1, -0.05) is 35.1 Å². The predicted octanol–water partition coefficient (Wildman–Crippen LogP) is 3.56. The number of allylic oxidation sites excluding steroid dienone is 1. The van der Waals surface area contributed by atoms with Gasteiger partial charge in [0, 0.05) is 10.6 Å². The van der Waals surface area contributed by atoms with Crippen LogP contribution in [0.3, 0.4) is 0 Å². The molecule has 1 N–H and O–H groups in total. The molecule has 7 nitrogen and oxygen atoms in total. The summed E-state index contributed by atoms with van der Waals surface area (Å²) in [6, 6.07) is 11.2. The van der Waals surface area contributed by atoms with Crippen LogP contribution in [0.15, 0.2) is 63.5 Å². The SMILES string of the molecule is CCOC(=O)C1=C(C)N=c2sc(=Cc3cc(Cl)ccc3O)c(=O)n2[C@H]1c1ccc(OCC)cc1. The number of hydrogen-bond acceptors (Lipinski definition) is 7. The lowest BCUT2D eigenvalue weighted by Crippen LogP contribution is -2.39. The largest absolute Gasteiger partial charge is 0.507 e. The summed E-state index contributed by atoms with van der Waals surface area (Å²) in [5.74, 6) is 0.166. The molecule has 0 fully saturated rings. The highest BCUT2D eigenvalue weighted by Gasteiger charge is 2.33. The maximum Gasteiger partial charge on any atom is 0.338 e. The van der Waals surface area contributed by atoms with Gasteiger partial charge in [0.1, 0.15) is 11.5 Å². The minimum atomic E-state index is -0.721. The Kier molecular flexibility index (Phi) is 6.90. The first-order chi connectivity index (χ1) is 16.3. The number of halogens is 1. The molecular weight excluding hydrogens is 476 g/mol. The molecule has 0 amide bonds. The average Bonchev–Trinajstić information content (AvgIpc) is 3.11. The van der Waals surface area contributed by atoms with Crippen LogP contribution in [-0.2, 0) is 9.53 Å². The van der Waals surface area contributed by atoms with Crippen LogP contribution in [0.2, 0.25) is 5.02 Å². The van der Waals surface area contributed by atoms with E-state index in [-0.39, 0.29) is 17.9 Å². The number of benzene rings is 2. The van der Waals surface area contributed by atoms with E-state index in [0.29, 0.717) is 43.5 Å².